The Morgan fingerprint density at radius 2 is 2.06 bits per heavy atom. The maximum absolute atomic E-state index is 4.43. The van der Waals surface area contributed by atoms with Gasteiger partial charge in [0.1, 0.15) is 0 Å². The standard InChI is InChI=1S/C15H29N3/c1-6-7-14(11-16-10-12(2)3)9-15-8-13(4)17-18(15)5/h8,12,14,16H,6-7,9-11H2,1-5H3. The summed E-state index contributed by atoms with van der Waals surface area (Å²) in [5, 5.41) is 8.02. The summed E-state index contributed by atoms with van der Waals surface area (Å²) in [5.74, 6) is 1.45. The Morgan fingerprint density at radius 1 is 1.33 bits per heavy atom. The molecule has 0 saturated heterocycles. The molecule has 0 aliphatic carbocycles. The van der Waals surface area contributed by atoms with E-state index in [-0.39, 0.29) is 0 Å². The van der Waals surface area contributed by atoms with E-state index in [1.54, 1.807) is 0 Å². The van der Waals surface area contributed by atoms with Crippen molar-refractivity contribution < 1.29 is 0 Å². The highest BCUT2D eigenvalue weighted by atomic mass is 15.3. The summed E-state index contributed by atoms with van der Waals surface area (Å²) in [4.78, 5) is 0. The van der Waals surface area contributed by atoms with E-state index in [0.29, 0.717) is 0 Å². The molecule has 3 nitrogen and oxygen atoms in total. The lowest BCUT2D eigenvalue weighted by Crippen LogP contribution is -2.28. The molecule has 1 heterocycles. The highest BCUT2D eigenvalue weighted by Crippen LogP contribution is 2.14. The van der Waals surface area contributed by atoms with E-state index >= 15 is 0 Å². The zero-order valence-corrected chi connectivity index (χ0v) is 12.7. The first-order valence-corrected chi connectivity index (χ1v) is 7.23. The van der Waals surface area contributed by atoms with Gasteiger partial charge in [0.25, 0.3) is 0 Å². The molecule has 0 aromatic carbocycles. The molecule has 104 valence electrons. The minimum Gasteiger partial charge on any atom is -0.316 e. The lowest BCUT2D eigenvalue weighted by molar-refractivity contribution is 0.413. The fraction of sp³-hybridized carbons (Fsp3) is 0.800. The molecule has 0 aliphatic heterocycles. The second-order valence-electron chi connectivity index (χ2n) is 5.81. The van der Waals surface area contributed by atoms with Gasteiger partial charge in [0.15, 0.2) is 0 Å². The van der Waals surface area contributed by atoms with Crippen molar-refractivity contribution in [1.82, 2.24) is 15.1 Å². The minimum atomic E-state index is 0.726. The first kappa shape index (κ1) is 15.2. The van der Waals surface area contributed by atoms with Crippen molar-refractivity contribution in [2.75, 3.05) is 13.1 Å². The minimum absolute atomic E-state index is 0.726. The molecule has 0 spiro atoms. The van der Waals surface area contributed by atoms with Crippen molar-refractivity contribution >= 4 is 0 Å². The summed E-state index contributed by atoms with van der Waals surface area (Å²) in [7, 11) is 2.05. The number of aromatic nitrogens is 2. The number of hydrogen-bond acceptors (Lipinski definition) is 2. The Morgan fingerprint density at radius 3 is 2.56 bits per heavy atom. The first-order chi connectivity index (χ1) is 8.52. The van der Waals surface area contributed by atoms with E-state index in [4.69, 9.17) is 0 Å². The highest BCUT2D eigenvalue weighted by Gasteiger charge is 2.12. The molecule has 0 amide bonds. The van der Waals surface area contributed by atoms with Crippen LogP contribution in [0, 0.1) is 18.8 Å². The van der Waals surface area contributed by atoms with E-state index in [0.717, 1.165) is 37.0 Å². The smallest absolute Gasteiger partial charge is 0.0596 e. The Labute approximate surface area is 112 Å². The third-order valence-corrected chi connectivity index (χ3v) is 3.28. The Balaban J connectivity index is 2.49. The third-order valence-electron chi connectivity index (χ3n) is 3.28. The van der Waals surface area contributed by atoms with Crippen LogP contribution in [0.5, 0.6) is 0 Å². The maximum atomic E-state index is 4.43. The van der Waals surface area contributed by atoms with Crippen molar-refractivity contribution in [3.63, 3.8) is 0 Å². The van der Waals surface area contributed by atoms with Crippen molar-refractivity contribution in [3.05, 3.63) is 17.5 Å². The van der Waals surface area contributed by atoms with E-state index < -0.39 is 0 Å². The summed E-state index contributed by atoms with van der Waals surface area (Å²) in [6.45, 7) is 11.1. The Bertz CT molecular complexity index is 342. The molecule has 1 rings (SSSR count). The second-order valence-corrected chi connectivity index (χ2v) is 5.81. The molecular formula is C15H29N3. The number of hydrogen-bond donors (Lipinski definition) is 1. The normalized spacial score (nSPS) is 13.2. The van der Waals surface area contributed by atoms with Crippen LogP contribution >= 0.6 is 0 Å². The summed E-state index contributed by atoms with van der Waals surface area (Å²) in [5.41, 5.74) is 2.48. The molecule has 3 heteroatoms. The van der Waals surface area contributed by atoms with Gasteiger partial charge in [0, 0.05) is 12.7 Å². The summed E-state index contributed by atoms with van der Waals surface area (Å²) in [6, 6.07) is 2.21. The molecule has 0 fully saturated rings. The largest absolute Gasteiger partial charge is 0.316 e. The van der Waals surface area contributed by atoms with Crippen LogP contribution in [0.25, 0.3) is 0 Å². The lowest BCUT2D eigenvalue weighted by atomic mass is 9.97. The van der Waals surface area contributed by atoms with E-state index in [1.165, 1.54) is 18.5 Å². The molecule has 1 aromatic rings. The monoisotopic (exact) mass is 251 g/mol. The van der Waals surface area contributed by atoms with Crippen LogP contribution in [-0.2, 0) is 13.5 Å². The van der Waals surface area contributed by atoms with Gasteiger partial charge in [-0.25, -0.2) is 0 Å². The number of aryl methyl sites for hydroxylation is 2. The number of nitrogens with one attached hydrogen (secondary N) is 1. The van der Waals surface area contributed by atoms with Gasteiger partial charge in [-0.05, 0) is 50.8 Å². The first-order valence-electron chi connectivity index (χ1n) is 7.23. The second kappa shape index (κ2) is 7.57. The van der Waals surface area contributed by atoms with Crippen LogP contribution in [0.2, 0.25) is 0 Å². The van der Waals surface area contributed by atoms with Crippen molar-refractivity contribution in [1.29, 1.82) is 0 Å². The molecular weight excluding hydrogens is 222 g/mol. The van der Waals surface area contributed by atoms with Gasteiger partial charge in [0.05, 0.1) is 5.69 Å². The van der Waals surface area contributed by atoms with Crippen LogP contribution in [0.15, 0.2) is 6.07 Å². The van der Waals surface area contributed by atoms with E-state index in [2.05, 4.69) is 44.2 Å². The molecule has 1 unspecified atom stereocenters. The highest BCUT2D eigenvalue weighted by molar-refractivity contribution is 5.09. The van der Waals surface area contributed by atoms with Gasteiger partial charge in [-0.15, -0.1) is 0 Å². The van der Waals surface area contributed by atoms with Crippen LogP contribution in [0.3, 0.4) is 0 Å². The van der Waals surface area contributed by atoms with Gasteiger partial charge < -0.3 is 5.32 Å². The Kier molecular flexibility index (Phi) is 6.41. The SMILES string of the molecule is CCCC(CNCC(C)C)Cc1cc(C)nn1C. The lowest BCUT2D eigenvalue weighted by Gasteiger charge is -2.18. The molecule has 1 atom stereocenters. The molecule has 0 aliphatic rings. The third kappa shape index (κ3) is 5.21. The topological polar surface area (TPSA) is 29.9 Å². The van der Waals surface area contributed by atoms with Crippen LogP contribution in [-0.4, -0.2) is 22.9 Å². The molecule has 1 N–H and O–H groups in total. The summed E-state index contributed by atoms with van der Waals surface area (Å²) in [6.07, 6.45) is 3.68. The zero-order chi connectivity index (χ0) is 13.5. The van der Waals surface area contributed by atoms with E-state index in [9.17, 15) is 0 Å². The summed E-state index contributed by atoms with van der Waals surface area (Å²) < 4.78 is 2.03. The number of nitrogens with zero attached hydrogens (tertiary/aromatic N) is 2. The summed E-state index contributed by atoms with van der Waals surface area (Å²) >= 11 is 0. The van der Waals surface area contributed by atoms with Crippen LogP contribution < -0.4 is 5.32 Å². The van der Waals surface area contributed by atoms with Gasteiger partial charge in [-0.3, -0.25) is 4.68 Å². The van der Waals surface area contributed by atoms with Gasteiger partial charge in [-0.2, -0.15) is 5.10 Å². The quantitative estimate of drug-likeness (QED) is 0.770. The fourth-order valence-corrected chi connectivity index (χ4v) is 2.41. The van der Waals surface area contributed by atoms with Gasteiger partial charge in [0.2, 0.25) is 0 Å². The average Bonchev–Trinajstić information content (AvgIpc) is 2.57. The van der Waals surface area contributed by atoms with Gasteiger partial charge in [-0.1, -0.05) is 27.2 Å². The van der Waals surface area contributed by atoms with Crippen molar-refractivity contribution in [3.8, 4) is 0 Å². The predicted molar refractivity (Wildman–Crippen MR) is 77.8 cm³/mol. The zero-order valence-electron chi connectivity index (χ0n) is 12.7. The van der Waals surface area contributed by atoms with Crippen molar-refractivity contribution in [2.24, 2.45) is 18.9 Å². The van der Waals surface area contributed by atoms with Gasteiger partial charge >= 0.3 is 0 Å². The van der Waals surface area contributed by atoms with Crippen molar-refractivity contribution in [2.45, 2.75) is 47.0 Å². The molecule has 18 heavy (non-hydrogen) atoms. The van der Waals surface area contributed by atoms with E-state index in [1.807, 2.05) is 11.7 Å². The Hall–Kier alpha value is -0.830. The van der Waals surface area contributed by atoms with Crippen LogP contribution in [0.4, 0.5) is 0 Å². The maximum Gasteiger partial charge on any atom is 0.0596 e. The number of rotatable bonds is 8. The van der Waals surface area contributed by atoms with Crippen LogP contribution in [0.1, 0.15) is 45.0 Å². The molecule has 0 saturated carbocycles. The predicted octanol–water partition coefficient (Wildman–Crippen LogP) is 2.93. The molecule has 0 radical (unpaired) electrons. The average molecular weight is 251 g/mol. The molecule has 0 bridgehead atoms. The fourth-order valence-electron chi connectivity index (χ4n) is 2.41. The molecule has 1 aromatic heterocycles.